The number of aromatic nitrogens is 1. The lowest BCUT2D eigenvalue weighted by Gasteiger charge is -2.25. The zero-order chi connectivity index (χ0) is 11.6. The molecule has 0 saturated heterocycles. The van der Waals surface area contributed by atoms with E-state index in [1.807, 2.05) is 36.8 Å². The maximum absolute atomic E-state index is 6.38. The fourth-order valence-electron chi connectivity index (χ4n) is 1.71. The van der Waals surface area contributed by atoms with Crippen molar-refractivity contribution in [2.24, 2.45) is 5.73 Å². The van der Waals surface area contributed by atoms with Gasteiger partial charge in [0.15, 0.2) is 0 Å². The van der Waals surface area contributed by atoms with E-state index in [9.17, 15) is 0 Å². The number of halogens is 1. The Bertz CT molecular complexity index is 466. The largest absolute Gasteiger partial charge is 0.321 e. The van der Waals surface area contributed by atoms with Crippen LogP contribution in [0.1, 0.15) is 17.4 Å². The van der Waals surface area contributed by atoms with E-state index in [2.05, 4.69) is 27.0 Å². The van der Waals surface area contributed by atoms with Crippen molar-refractivity contribution in [3.8, 4) is 0 Å². The first-order valence-electron chi connectivity index (χ1n) is 5.01. The van der Waals surface area contributed by atoms with E-state index < -0.39 is 0 Å². The van der Waals surface area contributed by atoms with Crippen molar-refractivity contribution in [3.05, 3.63) is 50.9 Å². The second-order valence-corrected chi connectivity index (χ2v) is 5.87. The molecule has 2 rings (SSSR count). The van der Waals surface area contributed by atoms with Crippen molar-refractivity contribution in [2.75, 3.05) is 0 Å². The first kappa shape index (κ1) is 11.8. The zero-order valence-electron chi connectivity index (χ0n) is 8.98. The van der Waals surface area contributed by atoms with Crippen LogP contribution in [-0.2, 0) is 12.0 Å². The van der Waals surface area contributed by atoms with Gasteiger partial charge in [-0.25, -0.2) is 0 Å². The summed E-state index contributed by atoms with van der Waals surface area (Å²) in [4.78, 5) is 5.28. The van der Waals surface area contributed by atoms with Crippen molar-refractivity contribution < 1.29 is 0 Å². The molecular weight excluding hydrogens is 284 g/mol. The lowest BCUT2D eigenvalue weighted by Crippen LogP contribution is -2.35. The average molecular weight is 297 g/mol. The maximum Gasteiger partial charge on any atom is 0.0794 e. The molecule has 0 spiro atoms. The van der Waals surface area contributed by atoms with Crippen LogP contribution in [0.25, 0.3) is 0 Å². The third-order valence-corrected chi connectivity index (χ3v) is 3.99. The molecule has 2 aromatic rings. The van der Waals surface area contributed by atoms with Crippen molar-refractivity contribution in [3.63, 3.8) is 0 Å². The van der Waals surface area contributed by atoms with Crippen LogP contribution in [0.15, 0.2) is 40.4 Å². The lowest BCUT2D eigenvalue weighted by molar-refractivity contribution is 0.493. The number of hydrogen-bond donors (Lipinski definition) is 1. The molecule has 0 aliphatic carbocycles. The Balaban J connectivity index is 2.28. The van der Waals surface area contributed by atoms with E-state index in [0.717, 1.165) is 16.5 Å². The molecule has 0 bridgehead atoms. The van der Waals surface area contributed by atoms with Gasteiger partial charge in [0.2, 0.25) is 0 Å². The molecule has 1 heterocycles. The molecule has 0 aliphatic rings. The molecule has 2 N–H and O–H groups in total. The molecule has 2 nitrogen and oxygen atoms in total. The summed E-state index contributed by atoms with van der Waals surface area (Å²) in [5.74, 6) is 0. The fraction of sp³-hybridized carbons (Fsp3) is 0.250. The van der Waals surface area contributed by atoms with E-state index in [0.29, 0.717) is 0 Å². The van der Waals surface area contributed by atoms with Crippen LogP contribution in [0.4, 0.5) is 0 Å². The van der Waals surface area contributed by atoms with Crippen molar-refractivity contribution in [2.45, 2.75) is 18.9 Å². The van der Waals surface area contributed by atoms with E-state index in [-0.39, 0.29) is 5.54 Å². The highest BCUT2D eigenvalue weighted by atomic mass is 79.9. The minimum Gasteiger partial charge on any atom is -0.321 e. The second-order valence-electron chi connectivity index (χ2n) is 4.04. The van der Waals surface area contributed by atoms with Crippen LogP contribution in [0.2, 0.25) is 0 Å². The molecule has 16 heavy (non-hydrogen) atoms. The summed E-state index contributed by atoms with van der Waals surface area (Å²) in [7, 11) is 0. The monoisotopic (exact) mass is 296 g/mol. The normalized spacial score (nSPS) is 14.7. The Morgan fingerprint density at radius 3 is 2.81 bits per heavy atom. The third-order valence-electron chi connectivity index (χ3n) is 2.51. The summed E-state index contributed by atoms with van der Waals surface area (Å²) in [6, 6.07) is 8.09. The van der Waals surface area contributed by atoms with Crippen LogP contribution in [0.5, 0.6) is 0 Å². The van der Waals surface area contributed by atoms with Gasteiger partial charge in [-0.05, 0) is 18.6 Å². The van der Waals surface area contributed by atoms with Gasteiger partial charge >= 0.3 is 0 Å². The summed E-state index contributed by atoms with van der Waals surface area (Å²) in [6.07, 6.45) is 2.69. The Morgan fingerprint density at radius 1 is 1.44 bits per heavy atom. The predicted octanol–water partition coefficient (Wildman–Crippen LogP) is 3.32. The van der Waals surface area contributed by atoms with Gasteiger partial charge in [0.25, 0.3) is 0 Å². The van der Waals surface area contributed by atoms with Crippen LogP contribution >= 0.6 is 27.3 Å². The summed E-state index contributed by atoms with van der Waals surface area (Å²) < 4.78 is 1.06. The van der Waals surface area contributed by atoms with Crippen molar-refractivity contribution in [1.82, 2.24) is 4.98 Å². The van der Waals surface area contributed by atoms with Crippen LogP contribution in [0.3, 0.4) is 0 Å². The van der Waals surface area contributed by atoms with Crippen molar-refractivity contribution >= 4 is 27.3 Å². The number of thiazole rings is 1. The molecule has 0 saturated carbocycles. The lowest BCUT2D eigenvalue weighted by atomic mass is 9.89. The second kappa shape index (κ2) is 4.65. The van der Waals surface area contributed by atoms with E-state index >= 15 is 0 Å². The number of benzene rings is 1. The zero-order valence-corrected chi connectivity index (χ0v) is 11.4. The Kier molecular flexibility index (Phi) is 3.42. The van der Waals surface area contributed by atoms with E-state index in [4.69, 9.17) is 5.73 Å². The molecule has 0 aliphatic heterocycles. The fourth-order valence-corrected chi connectivity index (χ4v) is 3.21. The van der Waals surface area contributed by atoms with Gasteiger partial charge in [-0.1, -0.05) is 34.1 Å². The minimum atomic E-state index is -0.368. The molecule has 1 aromatic carbocycles. The Morgan fingerprint density at radius 2 is 2.19 bits per heavy atom. The summed E-state index contributed by atoms with van der Waals surface area (Å²) in [6.45, 7) is 2.05. The SMILES string of the molecule is CC(N)(Cc1cncs1)c1ccccc1Br. The van der Waals surface area contributed by atoms with Crippen LogP contribution in [0, 0.1) is 0 Å². The van der Waals surface area contributed by atoms with Gasteiger partial charge in [-0.3, -0.25) is 4.98 Å². The first-order chi connectivity index (χ1) is 7.59. The first-order valence-corrected chi connectivity index (χ1v) is 6.68. The summed E-state index contributed by atoms with van der Waals surface area (Å²) in [5.41, 5.74) is 8.98. The van der Waals surface area contributed by atoms with Gasteiger partial charge in [-0.2, -0.15) is 0 Å². The predicted molar refractivity (Wildman–Crippen MR) is 71.5 cm³/mol. The highest BCUT2D eigenvalue weighted by Gasteiger charge is 2.24. The van der Waals surface area contributed by atoms with E-state index in [1.165, 1.54) is 4.88 Å². The topological polar surface area (TPSA) is 38.9 Å². The van der Waals surface area contributed by atoms with Gasteiger partial charge in [0, 0.05) is 27.5 Å². The molecule has 4 heteroatoms. The standard InChI is InChI=1S/C12H13BrN2S/c1-12(14,6-9-7-15-8-16-9)10-4-2-3-5-11(10)13/h2-5,7-8H,6,14H2,1H3. The highest BCUT2D eigenvalue weighted by Crippen LogP contribution is 2.29. The average Bonchev–Trinajstić information content (AvgIpc) is 2.70. The molecule has 1 aromatic heterocycles. The minimum absolute atomic E-state index is 0.368. The molecule has 0 fully saturated rings. The van der Waals surface area contributed by atoms with E-state index in [1.54, 1.807) is 11.3 Å². The summed E-state index contributed by atoms with van der Waals surface area (Å²) >= 11 is 5.19. The smallest absolute Gasteiger partial charge is 0.0794 e. The third kappa shape index (κ3) is 2.51. The Hall–Kier alpha value is -0.710. The number of nitrogens with two attached hydrogens (primary N) is 1. The molecule has 0 radical (unpaired) electrons. The number of rotatable bonds is 3. The van der Waals surface area contributed by atoms with Crippen molar-refractivity contribution in [1.29, 1.82) is 0 Å². The molecule has 1 atom stereocenters. The van der Waals surface area contributed by atoms with Gasteiger partial charge in [0.1, 0.15) is 0 Å². The number of hydrogen-bond acceptors (Lipinski definition) is 3. The van der Waals surface area contributed by atoms with Gasteiger partial charge in [-0.15, -0.1) is 11.3 Å². The van der Waals surface area contributed by atoms with Crippen LogP contribution in [-0.4, -0.2) is 4.98 Å². The quantitative estimate of drug-likeness (QED) is 0.944. The molecule has 1 unspecified atom stereocenters. The highest BCUT2D eigenvalue weighted by molar-refractivity contribution is 9.10. The molecule has 0 amide bonds. The molecular formula is C12H13BrN2S. The van der Waals surface area contributed by atoms with Gasteiger partial charge < -0.3 is 5.73 Å². The maximum atomic E-state index is 6.38. The van der Waals surface area contributed by atoms with Gasteiger partial charge in [0.05, 0.1) is 5.51 Å². The number of nitrogens with zero attached hydrogens (tertiary/aromatic N) is 1. The molecule has 84 valence electrons. The Labute approximate surface area is 108 Å². The van der Waals surface area contributed by atoms with Crippen LogP contribution < -0.4 is 5.73 Å². The summed E-state index contributed by atoms with van der Waals surface area (Å²) in [5, 5.41) is 0.